The third-order valence-electron chi connectivity index (χ3n) is 3.90. The van der Waals surface area contributed by atoms with E-state index in [4.69, 9.17) is 5.73 Å². The molecule has 1 aromatic carbocycles. The molecule has 0 amide bonds. The molecule has 0 bridgehead atoms. The van der Waals surface area contributed by atoms with Gasteiger partial charge in [0.05, 0.1) is 3.79 Å². The molecule has 2 aromatic rings. The van der Waals surface area contributed by atoms with Gasteiger partial charge in [-0.25, -0.2) is 0 Å². The number of likely N-dealkylation sites (N-methyl/N-ethyl adjacent to an activating group) is 1. The second kappa shape index (κ2) is 7.38. The van der Waals surface area contributed by atoms with Gasteiger partial charge in [-0.1, -0.05) is 28.1 Å². The van der Waals surface area contributed by atoms with E-state index in [1.165, 1.54) is 14.9 Å². The van der Waals surface area contributed by atoms with Gasteiger partial charge < -0.3 is 5.73 Å². The van der Waals surface area contributed by atoms with E-state index < -0.39 is 0 Å². The topological polar surface area (TPSA) is 29.3 Å². The minimum absolute atomic E-state index is 0.0533. The van der Waals surface area contributed by atoms with Gasteiger partial charge in [-0.15, -0.1) is 11.3 Å². The molecule has 0 aliphatic heterocycles. The highest BCUT2D eigenvalue weighted by Gasteiger charge is 2.28. The van der Waals surface area contributed by atoms with Crippen LogP contribution in [0.5, 0.6) is 0 Å². The number of thiophene rings is 1. The zero-order valence-electron chi connectivity index (χ0n) is 12.3. The minimum atomic E-state index is -0.0533. The maximum Gasteiger partial charge on any atom is 0.0701 e. The summed E-state index contributed by atoms with van der Waals surface area (Å²) in [7, 11) is 2.15. The van der Waals surface area contributed by atoms with Gasteiger partial charge in [-0.05, 0) is 71.0 Å². The Kier molecular flexibility index (Phi) is 6.03. The Bertz CT molecular complexity index is 582. The lowest BCUT2D eigenvalue weighted by Gasteiger charge is -2.38. The van der Waals surface area contributed by atoms with Crippen LogP contribution in [0.4, 0.5) is 0 Å². The van der Waals surface area contributed by atoms with Crippen molar-refractivity contribution in [1.82, 2.24) is 4.90 Å². The summed E-state index contributed by atoms with van der Waals surface area (Å²) in [6, 6.07) is 10.7. The highest BCUT2D eigenvalue weighted by molar-refractivity contribution is 9.11. The normalized spacial score (nSPS) is 14.4. The van der Waals surface area contributed by atoms with Gasteiger partial charge in [-0.3, -0.25) is 4.90 Å². The van der Waals surface area contributed by atoms with Gasteiger partial charge in [0, 0.05) is 23.1 Å². The second-order valence-corrected chi connectivity index (χ2v) is 8.83. The Morgan fingerprint density at radius 3 is 2.38 bits per heavy atom. The zero-order chi connectivity index (χ0) is 15.5. The molecule has 0 aliphatic rings. The molecule has 2 rings (SSSR count). The molecular formula is C16H20Br2N2S. The monoisotopic (exact) mass is 430 g/mol. The van der Waals surface area contributed by atoms with Gasteiger partial charge in [-0.2, -0.15) is 0 Å². The van der Waals surface area contributed by atoms with E-state index in [2.05, 4.69) is 86.4 Å². The Hall–Kier alpha value is -0.200. The van der Waals surface area contributed by atoms with Gasteiger partial charge in [0.1, 0.15) is 0 Å². The molecule has 0 fully saturated rings. The minimum Gasteiger partial charge on any atom is -0.329 e. The third-order valence-corrected chi connectivity index (χ3v) is 5.98. The van der Waals surface area contributed by atoms with Crippen LogP contribution in [0.3, 0.4) is 0 Å². The SMILES string of the molecule is CN(Cc1csc(Br)c1)C(C)(CN)Cc1ccc(Br)cc1. The smallest absolute Gasteiger partial charge is 0.0701 e. The van der Waals surface area contributed by atoms with Gasteiger partial charge >= 0.3 is 0 Å². The summed E-state index contributed by atoms with van der Waals surface area (Å²) in [6.07, 6.45) is 0.943. The van der Waals surface area contributed by atoms with E-state index >= 15 is 0 Å². The molecule has 1 unspecified atom stereocenters. The van der Waals surface area contributed by atoms with E-state index in [9.17, 15) is 0 Å². The molecule has 21 heavy (non-hydrogen) atoms. The lowest BCUT2D eigenvalue weighted by molar-refractivity contribution is 0.136. The number of nitrogens with two attached hydrogens (primary N) is 1. The van der Waals surface area contributed by atoms with Crippen LogP contribution in [-0.4, -0.2) is 24.0 Å². The molecule has 1 atom stereocenters. The molecule has 0 saturated carbocycles. The van der Waals surface area contributed by atoms with E-state index in [0.29, 0.717) is 6.54 Å². The van der Waals surface area contributed by atoms with E-state index in [1.54, 1.807) is 11.3 Å². The summed E-state index contributed by atoms with van der Waals surface area (Å²) in [4.78, 5) is 2.35. The Morgan fingerprint density at radius 1 is 1.19 bits per heavy atom. The molecule has 5 heteroatoms. The standard InChI is InChI=1S/C16H20Br2N2S/c1-16(11-19,8-12-3-5-14(17)6-4-12)20(2)9-13-7-15(18)21-10-13/h3-7,10H,8-9,11,19H2,1-2H3. The highest BCUT2D eigenvalue weighted by Crippen LogP contribution is 2.25. The van der Waals surface area contributed by atoms with E-state index in [0.717, 1.165) is 17.4 Å². The van der Waals surface area contributed by atoms with Crippen molar-refractivity contribution in [1.29, 1.82) is 0 Å². The van der Waals surface area contributed by atoms with Gasteiger partial charge in [0.25, 0.3) is 0 Å². The van der Waals surface area contributed by atoms with Crippen LogP contribution in [0.1, 0.15) is 18.1 Å². The van der Waals surface area contributed by atoms with Gasteiger partial charge in [0.15, 0.2) is 0 Å². The first-order valence-electron chi connectivity index (χ1n) is 6.81. The van der Waals surface area contributed by atoms with Crippen LogP contribution in [0.15, 0.2) is 44.0 Å². The lowest BCUT2D eigenvalue weighted by atomic mass is 9.91. The van der Waals surface area contributed by atoms with Crippen molar-refractivity contribution < 1.29 is 0 Å². The number of benzene rings is 1. The van der Waals surface area contributed by atoms with Crippen molar-refractivity contribution in [3.63, 3.8) is 0 Å². The number of hydrogen-bond acceptors (Lipinski definition) is 3. The Labute approximate surface area is 147 Å². The van der Waals surface area contributed by atoms with Crippen molar-refractivity contribution >= 4 is 43.2 Å². The first-order chi connectivity index (χ1) is 9.93. The molecule has 114 valence electrons. The molecule has 0 aliphatic carbocycles. The van der Waals surface area contributed by atoms with Crippen molar-refractivity contribution in [2.45, 2.75) is 25.4 Å². The molecule has 2 nitrogen and oxygen atoms in total. The molecule has 0 spiro atoms. The summed E-state index contributed by atoms with van der Waals surface area (Å²) < 4.78 is 2.28. The van der Waals surface area contributed by atoms with Crippen LogP contribution in [0.2, 0.25) is 0 Å². The van der Waals surface area contributed by atoms with Crippen molar-refractivity contribution in [3.8, 4) is 0 Å². The average Bonchev–Trinajstić information content (AvgIpc) is 2.86. The van der Waals surface area contributed by atoms with Crippen LogP contribution < -0.4 is 5.73 Å². The van der Waals surface area contributed by atoms with Crippen LogP contribution >= 0.6 is 43.2 Å². The predicted molar refractivity (Wildman–Crippen MR) is 98.8 cm³/mol. The Balaban J connectivity index is 2.09. The second-order valence-electron chi connectivity index (χ2n) is 5.62. The van der Waals surface area contributed by atoms with Crippen molar-refractivity contribution in [2.24, 2.45) is 5.73 Å². The maximum absolute atomic E-state index is 6.09. The third kappa shape index (κ3) is 4.63. The predicted octanol–water partition coefficient (Wildman–Crippen LogP) is 4.67. The maximum atomic E-state index is 6.09. The van der Waals surface area contributed by atoms with Gasteiger partial charge in [0.2, 0.25) is 0 Å². The largest absolute Gasteiger partial charge is 0.329 e. The number of hydrogen-bond donors (Lipinski definition) is 1. The quantitative estimate of drug-likeness (QED) is 0.720. The van der Waals surface area contributed by atoms with E-state index in [1.807, 2.05) is 0 Å². The molecule has 1 heterocycles. The Morgan fingerprint density at radius 2 is 1.86 bits per heavy atom. The zero-order valence-corrected chi connectivity index (χ0v) is 16.3. The number of halogens is 2. The fourth-order valence-corrected chi connectivity index (χ4v) is 3.76. The van der Waals surface area contributed by atoms with Crippen LogP contribution in [-0.2, 0) is 13.0 Å². The summed E-state index contributed by atoms with van der Waals surface area (Å²) in [5, 5.41) is 2.19. The number of nitrogens with zero attached hydrogens (tertiary/aromatic N) is 1. The fraction of sp³-hybridized carbons (Fsp3) is 0.375. The van der Waals surface area contributed by atoms with Crippen LogP contribution in [0, 0.1) is 0 Å². The molecule has 1 aromatic heterocycles. The summed E-state index contributed by atoms with van der Waals surface area (Å²) >= 11 is 8.72. The molecule has 0 saturated heterocycles. The first-order valence-corrected chi connectivity index (χ1v) is 9.28. The molecular weight excluding hydrogens is 412 g/mol. The fourth-order valence-electron chi connectivity index (χ4n) is 2.30. The summed E-state index contributed by atoms with van der Waals surface area (Å²) in [5.74, 6) is 0. The number of rotatable bonds is 6. The van der Waals surface area contributed by atoms with Crippen LogP contribution in [0.25, 0.3) is 0 Å². The summed E-state index contributed by atoms with van der Waals surface area (Å²) in [5.41, 5.74) is 8.67. The average molecular weight is 432 g/mol. The van der Waals surface area contributed by atoms with E-state index in [-0.39, 0.29) is 5.54 Å². The first kappa shape index (κ1) is 17.2. The van der Waals surface area contributed by atoms with Crippen molar-refractivity contribution in [3.05, 3.63) is 55.1 Å². The molecule has 0 radical (unpaired) electrons. The lowest BCUT2D eigenvalue weighted by Crippen LogP contribution is -2.50. The highest BCUT2D eigenvalue weighted by atomic mass is 79.9. The molecule has 2 N–H and O–H groups in total. The van der Waals surface area contributed by atoms with Crippen molar-refractivity contribution in [2.75, 3.05) is 13.6 Å². The summed E-state index contributed by atoms with van der Waals surface area (Å²) in [6.45, 7) is 3.77.